The monoisotopic (exact) mass is 301 g/mol. The zero-order chi connectivity index (χ0) is 15.7. The Morgan fingerprint density at radius 1 is 1.55 bits per heavy atom. The average Bonchev–Trinajstić information content (AvgIpc) is 3.14. The van der Waals surface area contributed by atoms with Gasteiger partial charge in [-0.15, -0.1) is 0 Å². The van der Waals surface area contributed by atoms with E-state index in [0.29, 0.717) is 12.5 Å². The molecule has 3 rings (SSSR count). The number of H-pyrrole nitrogens is 1. The fourth-order valence-corrected chi connectivity index (χ4v) is 3.01. The molecule has 1 aliphatic carbocycles. The lowest BCUT2D eigenvalue weighted by Crippen LogP contribution is -2.35. The number of rotatable bonds is 4. The average molecular weight is 301 g/mol. The number of carbonyl (C=O) groups excluding carboxylic acids is 1. The second kappa shape index (κ2) is 5.99. The van der Waals surface area contributed by atoms with E-state index in [0.717, 1.165) is 42.2 Å². The number of aromatic nitrogens is 2. The van der Waals surface area contributed by atoms with Crippen LogP contribution in [0.15, 0.2) is 22.8 Å². The van der Waals surface area contributed by atoms with Crippen molar-refractivity contribution in [3.05, 3.63) is 41.4 Å². The summed E-state index contributed by atoms with van der Waals surface area (Å²) in [6, 6.07) is 3.74. The molecule has 1 amide bonds. The molecule has 2 heterocycles. The lowest BCUT2D eigenvalue weighted by molar-refractivity contribution is -0.135. The lowest BCUT2D eigenvalue weighted by Gasteiger charge is -2.25. The number of hydrogen-bond donors (Lipinski definition) is 1. The van der Waals surface area contributed by atoms with E-state index in [4.69, 9.17) is 4.42 Å². The number of nitrogens with one attached hydrogen (secondary N) is 1. The van der Waals surface area contributed by atoms with E-state index in [9.17, 15) is 4.79 Å². The molecule has 118 valence electrons. The van der Waals surface area contributed by atoms with Gasteiger partial charge in [0.25, 0.3) is 0 Å². The molecule has 1 N–H and O–H groups in total. The Kier molecular flexibility index (Phi) is 4.05. The Bertz CT molecular complexity index is 643. The highest BCUT2D eigenvalue weighted by Gasteiger charge is 2.29. The van der Waals surface area contributed by atoms with Crippen molar-refractivity contribution in [3.63, 3.8) is 0 Å². The Balaban J connectivity index is 1.66. The molecule has 5 nitrogen and oxygen atoms in total. The number of carbonyl (C=O) groups is 1. The predicted octanol–water partition coefficient (Wildman–Crippen LogP) is 2.89. The van der Waals surface area contributed by atoms with Crippen LogP contribution in [0.4, 0.5) is 0 Å². The summed E-state index contributed by atoms with van der Waals surface area (Å²) in [6.45, 7) is 4.78. The third kappa shape index (κ3) is 2.93. The van der Waals surface area contributed by atoms with Crippen molar-refractivity contribution < 1.29 is 9.21 Å². The van der Waals surface area contributed by atoms with Crippen LogP contribution in [0.3, 0.4) is 0 Å². The maximum Gasteiger partial charge on any atom is 0.226 e. The molecular formula is C17H23N3O2. The molecule has 0 saturated carbocycles. The predicted molar refractivity (Wildman–Crippen MR) is 83.4 cm³/mol. The van der Waals surface area contributed by atoms with Gasteiger partial charge in [0.2, 0.25) is 5.91 Å². The number of nitrogens with zero attached hydrogens (tertiary/aromatic N) is 2. The van der Waals surface area contributed by atoms with Crippen LogP contribution >= 0.6 is 0 Å². The number of imidazole rings is 1. The summed E-state index contributed by atoms with van der Waals surface area (Å²) >= 11 is 0. The SMILES string of the molecule is CC(C)c1nc2c([nH]1)C[C@H](C(=O)N(C)Cc1ccco1)CC2. The van der Waals surface area contributed by atoms with E-state index < -0.39 is 0 Å². The van der Waals surface area contributed by atoms with Crippen LogP contribution in [0.5, 0.6) is 0 Å². The van der Waals surface area contributed by atoms with Gasteiger partial charge < -0.3 is 14.3 Å². The fourth-order valence-electron chi connectivity index (χ4n) is 3.01. The molecule has 2 aromatic rings. The Morgan fingerprint density at radius 2 is 2.36 bits per heavy atom. The molecule has 0 fully saturated rings. The van der Waals surface area contributed by atoms with Gasteiger partial charge >= 0.3 is 0 Å². The third-order valence-corrected chi connectivity index (χ3v) is 4.31. The molecular weight excluding hydrogens is 278 g/mol. The van der Waals surface area contributed by atoms with Gasteiger partial charge in [-0.3, -0.25) is 4.79 Å². The quantitative estimate of drug-likeness (QED) is 0.944. The van der Waals surface area contributed by atoms with Crippen molar-refractivity contribution in [3.8, 4) is 0 Å². The van der Waals surface area contributed by atoms with E-state index in [-0.39, 0.29) is 11.8 Å². The molecule has 0 aromatic carbocycles. The molecule has 1 atom stereocenters. The summed E-state index contributed by atoms with van der Waals surface area (Å²) in [7, 11) is 1.84. The second-order valence-electron chi connectivity index (χ2n) is 6.42. The fraction of sp³-hybridized carbons (Fsp3) is 0.529. The van der Waals surface area contributed by atoms with Crippen molar-refractivity contribution in [1.82, 2.24) is 14.9 Å². The molecule has 0 saturated heterocycles. The van der Waals surface area contributed by atoms with Crippen LogP contribution in [0.1, 0.15) is 49.2 Å². The zero-order valence-corrected chi connectivity index (χ0v) is 13.4. The number of aryl methyl sites for hydroxylation is 1. The molecule has 5 heteroatoms. The van der Waals surface area contributed by atoms with Gasteiger partial charge in [-0.2, -0.15) is 0 Å². The molecule has 0 aliphatic heterocycles. The number of fused-ring (bicyclic) bond motifs is 1. The topological polar surface area (TPSA) is 62.1 Å². The van der Waals surface area contributed by atoms with E-state index in [2.05, 4.69) is 23.8 Å². The van der Waals surface area contributed by atoms with Crippen molar-refractivity contribution in [2.45, 2.75) is 45.6 Å². The Morgan fingerprint density at radius 3 is 3.05 bits per heavy atom. The minimum Gasteiger partial charge on any atom is -0.467 e. The highest BCUT2D eigenvalue weighted by molar-refractivity contribution is 5.79. The lowest BCUT2D eigenvalue weighted by atomic mass is 9.89. The molecule has 0 unspecified atom stereocenters. The zero-order valence-electron chi connectivity index (χ0n) is 13.4. The number of aromatic amines is 1. The van der Waals surface area contributed by atoms with E-state index in [1.54, 1.807) is 11.2 Å². The van der Waals surface area contributed by atoms with Crippen LogP contribution in [-0.2, 0) is 24.2 Å². The smallest absolute Gasteiger partial charge is 0.226 e. The van der Waals surface area contributed by atoms with Gasteiger partial charge in [-0.05, 0) is 25.0 Å². The molecule has 0 bridgehead atoms. The van der Waals surface area contributed by atoms with Gasteiger partial charge in [0.1, 0.15) is 11.6 Å². The first kappa shape index (κ1) is 14.9. The second-order valence-corrected chi connectivity index (χ2v) is 6.42. The highest BCUT2D eigenvalue weighted by Crippen LogP contribution is 2.27. The van der Waals surface area contributed by atoms with Crippen molar-refractivity contribution in [2.75, 3.05) is 7.05 Å². The molecule has 0 spiro atoms. The standard InChI is InChI=1S/C17H23N3O2/c1-11(2)16-18-14-7-6-12(9-15(14)19-16)17(21)20(3)10-13-5-4-8-22-13/h4-5,8,11-12H,6-7,9-10H2,1-3H3,(H,18,19)/t12-/m1/s1. The summed E-state index contributed by atoms with van der Waals surface area (Å²) < 4.78 is 5.32. The summed E-state index contributed by atoms with van der Waals surface area (Å²) in [5.74, 6) is 2.45. The summed E-state index contributed by atoms with van der Waals surface area (Å²) in [5.41, 5.74) is 2.28. The van der Waals surface area contributed by atoms with Crippen molar-refractivity contribution in [1.29, 1.82) is 0 Å². The molecule has 22 heavy (non-hydrogen) atoms. The van der Waals surface area contributed by atoms with Gasteiger partial charge in [0.15, 0.2) is 0 Å². The van der Waals surface area contributed by atoms with E-state index in [1.165, 1.54) is 0 Å². The first-order valence-corrected chi connectivity index (χ1v) is 7.89. The minimum absolute atomic E-state index is 0.0351. The summed E-state index contributed by atoms with van der Waals surface area (Å²) in [5, 5.41) is 0. The Hall–Kier alpha value is -2.04. The summed E-state index contributed by atoms with van der Waals surface area (Å²) in [4.78, 5) is 22.4. The van der Waals surface area contributed by atoms with Crippen molar-refractivity contribution >= 4 is 5.91 Å². The van der Waals surface area contributed by atoms with E-state index in [1.807, 2.05) is 19.2 Å². The van der Waals surface area contributed by atoms with E-state index >= 15 is 0 Å². The highest BCUT2D eigenvalue weighted by atomic mass is 16.3. The normalized spacial score (nSPS) is 17.5. The first-order valence-electron chi connectivity index (χ1n) is 7.89. The number of hydrogen-bond acceptors (Lipinski definition) is 3. The number of furan rings is 1. The molecule has 0 radical (unpaired) electrons. The van der Waals surface area contributed by atoms with Crippen LogP contribution in [0.2, 0.25) is 0 Å². The van der Waals surface area contributed by atoms with Gasteiger partial charge in [-0.25, -0.2) is 4.98 Å². The maximum absolute atomic E-state index is 12.6. The first-order chi connectivity index (χ1) is 10.5. The third-order valence-electron chi connectivity index (χ3n) is 4.31. The largest absolute Gasteiger partial charge is 0.467 e. The summed E-state index contributed by atoms with van der Waals surface area (Å²) in [6.07, 6.45) is 4.15. The van der Waals surface area contributed by atoms with Gasteiger partial charge in [0.05, 0.1) is 18.5 Å². The van der Waals surface area contributed by atoms with Crippen LogP contribution in [-0.4, -0.2) is 27.8 Å². The maximum atomic E-state index is 12.6. The minimum atomic E-state index is 0.0351. The van der Waals surface area contributed by atoms with Crippen LogP contribution in [0, 0.1) is 5.92 Å². The number of amides is 1. The van der Waals surface area contributed by atoms with Gasteiger partial charge in [0, 0.05) is 31.0 Å². The molecule has 2 aromatic heterocycles. The van der Waals surface area contributed by atoms with Crippen molar-refractivity contribution in [2.24, 2.45) is 5.92 Å². The van der Waals surface area contributed by atoms with Gasteiger partial charge in [-0.1, -0.05) is 13.8 Å². The van der Waals surface area contributed by atoms with Crippen LogP contribution in [0.25, 0.3) is 0 Å². The Labute approximate surface area is 130 Å². The van der Waals surface area contributed by atoms with Crippen LogP contribution < -0.4 is 0 Å². The molecule has 1 aliphatic rings.